The summed E-state index contributed by atoms with van der Waals surface area (Å²) in [4.78, 5) is 0. The summed E-state index contributed by atoms with van der Waals surface area (Å²) in [6.07, 6.45) is 1.81. The molecule has 1 aromatic heterocycles. The highest BCUT2D eigenvalue weighted by atomic mass is 15.3. The van der Waals surface area contributed by atoms with Gasteiger partial charge in [0.15, 0.2) is 0 Å². The minimum absolute atomic E-state index is 0.107. The van der Waals surface area contributed by atoms with Gasteiger partial charge in [0.05, 0.1) is 11.7 Å². The van der Waals surface area contributed by atoms with Crippen LogP contribution in [0, 0.1) is 13.8 Å². The summed E-state index contributed by atoms with van der Waals surface area (Å²) >= 11 is 0. The first kappa shape index (κ1) is 15.7. The zero-order chi connectivity index (χ0) is 15.4. The Hall–Kier alpha value is -1.65. The molecule has 0 aliphatic carbocycles. The summed E-state index contributed by atoms with van der Waals surface area (Å²) in [5, 5.41) is 4.61. The number of hydrazine groups is 1. The molecule has 1 atom stereocenters. The number of hydrogen-bond donors (Lipinski definition) is 2. The van der Waals surface area contributed by atoms with E-state index in [1.165, 1.54) is 22.4 Å². The quantitative estimate of drug-likeness (QED) is 0.634. The van der Waals surface area contributed by atoms with Gasteiger partial charge in [0.25, 0.3) is 0 Å². The Balaban J connectivity index is 2.26. The lowest BCUT2D eigenvalue weighted by Crippen LogP contribution is -2.30. The smallest absolute Gasteiger partial charge is 0.0624 e. The van der Waals surface area contributed by atoms with Crippen LogP contribution < -0.4 is 11.3 Å². The largest absolute Gasteiger partial charge is 0.271 e. The Morgan fingerprint density at radius 3 is 2.52 bits per heavy atom. The molecule has 1 unspecified atom stereocenters. The molecule has 0 aliphatic heterocycles. The molecule has 0 aliphatic rings. The molecule has 0 saturated heterocycles. The SMILES string of the molecule is CCc1cc(CC(NN)c2ccc(C)c(C)c2)n(CC)n1. The number of benzene rings is 1. The van der Waals surface area contributed by atoms with Crippen LogP contribution in [0.5, 0.6) is 0 Å². The Labute approximate surface area is 127 Å². The second-order valence-electron chi connectivity index (χ2n) is 5.56. The van der Waals surface area contributed by atoms with Gasteiger partial charge in [-0.1, -0.05) is 25.1 Å². The van der Waals surface area contributed by atoms with Gasteiger partial charge in [0.2, 0.25) is 0 Å². The van der Waals surface area contributed by atoms with Gasteiger partial charge < -0.3 is 0 Å². The molecule has 0 spiro atoms. The molecule has 4 nitrogen and oxygen atoms in total. The number of nitrogens with one attached hydrogen (secondary N) is 1. The molecule has 114 valence electrons. The van der Waals surface area contributed by atoms with Crippen molar-refractivity contribution in [1.29, 1.82) is 0 Å². The topological polar surface area (TPSA) is 55.9 Å². The van der Waals surface area contributed by atoms with E-state index in [9.17, 15) is 0 Å². The Kier molecular flexibility index (Phi) is 5.15. The zero-order valence-electron chi connectivity index (χ0n) is 13.5. The molecule has 1 heterocycles. The number of nitrogens with two attached hydrogens (primary N) is 1. The second-order valence-corrected chi connectivity index (χ2v) is 5.56. The van der Waals surface area contributed by atoms with Crippen LogP contribution in [-0.2, 0) is 19.4 Å². The van der Waals surface area contributed by atoms with E-state index in [2.05, 4.69) is 67.2 Å². The average molecular weight is 286 g/mol. The first-order valence-corrected chi connectivity index (χ1v) is 7.67. The third kappa shape index (κ3) is 3.52. The Morgan fingerprint density at radius 2 is 1.95 bits per heavy atom. The fraction of sp³-hybridized carbons (Fsp3) is 0.471. The molecule has 2 rings (SSSR count). The van der Waals surface area contributed by atoms with E-state index >= 15 is 0 Å². The summed E-state index contributed by atoms with van der Waals surface area (Å²) in [7, 11) is 0. The molecule has 0 saturated carbocycles. The van der Waals surface area contributed by atoms with Gasteiger partial charge in [-0.2, -0.15) is 5.10 Å². The predicted molar refractivity (Wildman–Crippen MR) is 87.0 cm³/mol. The van der Waals surface area contributed by atoms with Crippen molar-refractivity contribution in [3.63, 3.8) is 0 Å². The van der Waals surface area contributed by atoms with Crippen LogP contribution in [0.25, 0.3) is 0 Å². The van der Waals surface area contributed by atoms with Crippen LogP contribution in [0.3, 0.4) is 0 Å². The van der Waals surface area contributed by atoms with Crippen molar-refractivity contribution in [1.82, 2.24) is 15.2 Å². The van der Waals surface area contributed by atoms with Crippen LogP contribution in [0.1, 0.15) is 48.0 Å². The molecule has 0 radical (unpaired) electrons. The lowest BCUT2D eigenvalue weighted by molar-refractivity contribution is 0.516. The van der Waals surface area contributed by atoms with Crippen molar-refractivity contribution in [2.45, 2.75) is 53.1 Å². The van der Waals surface area contributed by atoms with Gasteiger partial charge in [0, 0.05) is 18.7 Å². The summed E-state index contributed by atoms with van der Waals surface area (Å²) in [5.41, 5.74) is 9.15. The summed E-state index contributed by atoms with van der Waals surface area (Å²) in [6, 6.07) is 8.82. The molecule has 0 fully saturated rings. The van der Waals surface area contributed by atoms with Crippen LogP contribution >= 0.6 is 0 Å². The maximum atomic E-state index is 5.79. The third-order valence-electron chi connectivity index (χ3n) is 4.12. The lowest BCUT2D eigenvalue weighted by atomic mass is 9.98. The van der Waals surface area contributed by atoms with Crippen molar-refractivity contribution < 1.29 is 0 Å². The van der Waals surface area contributed by atoms with E-state index < -0.39 is 0 Å². The monoisotopic (exact) mass is 286 g/mol. The van der Waals surface area contributed by atoms with Gasteiger partial charge in [-0.25, -0.2) is 0 Å². The van der Waals surface area contributed by atoms with E-state index in [0.717, 1.165) is 25.1 Å². The number of rotatable bonds is 6. The minimum Gasteiger partial charge on any atom is -0.271 e. The molecule has 0 amide bonds. The predicted octanol–water partition coefficient (Wildman–Crippen LogP) is 2.83. The van der Waals surface area contributed by atoms with Gasteiger partial charge in [-0.15, -0.1) is 0 Å². The first-order valence-electron chi connectivity index (χ1n) is 7.67. The van der Waals surface area contributed by atoms with E-state index in [-0.39, 0.29) is 6.04 Å². The van der Waals surface area contributed by atoms with E-state index in [1.807, 2.05) is 0 Å². The summed E-state index contributed by atoms with van der Waals surface area (Å²) < 4.78 is 2.07. The molecule has 1 aromatic carbocycles. The molecule has 21 heavy (non-hydrogen) atoms. The van der Waals surface area contributed by atoms with Crippen molar-refractivity contribution in [2.75, 3.05) is 0 Å². The second kappa shape index (κ2) is 6.87. The molecule has 0 bridgehead atoms. The van der Waals surface area contributed by atoms with Crippen LogP contribution in [0.2, 0.25) is 0 Å². The van der Waals surface area contributed by atoms with E-state index in [1.54, 1.807) is 0 Å². The number of nitrogens with zero attached hydrogens (tertiary/aromatic N) is 2. The highest BCUT2D eigenvalue weighted by Crippen LogP contribution is 2.21. The average Bonchev–Trinajstić information content (AvgIpc) is 2.90. The van der Waals surface area contributed by atoms with Crippen molar-refractivity contribution in [3.05, 3.63) is 52.3 Å². The molecule has 2 aromatic rings. The minimum atomic E-state index is 0.107. The highest BCUT2D eigenvalue weighted by molar-refractivity contribution is 5.32. The molecular formula is C17H26N4. The fourth-order valence-corrected chi connectivity index (χ4v) is 2.59. The van der Waals surface area contributed by atoms with Crippen molar-refractivity contribution in [2.24, 2.45) is 5.84 Å². The lowest BCUT2D eigenvalue weighted by Gasteiger charge is -2.18. The molecule has 3 N–H and O–H groups in total. The fourth-order valence-electron chi connectivity index (χ4n) is 2.59. The third-order valence-corrected chi connectivity index (χ3v) is 4.12. The standard InChI is InChI=1S/C17H26N4/c1-5-15-10-16(21(6-2)20-15)11-17(19-18)14-8-7-12(3)13(4)9-14/h7-10,17,19H,5-6,11,18H2,1-4H3. The van der Waals surface area contributed by atoms with Gasteiger partial charge >= 0.3 is 0 Å². The highest BCUT2D eigenvalue weighted by Gasteiger charge is 2.15. The Morgan fingerprint density at radius 1 is 1.19 bits per heavy atom. The Bertz CT molecular complexity index is 601. The van der Waals surface area contributed by atoms with Gasteiger partial charge in [-0.3, -0.25) is 16.0 Å². The number of aromatic nitrogens is 2. The van der Waals surface area contributed by atoms with Crippen LogP contribution in [0.4, 0.5) is 0 Å². The molecular weight excluding hydrogens is 260 g/mol. The van der Waals surface area contributed by atoms with E-state index in [0.29, 0.717) is 0 Å². The number of aryl methyl sites for hydroxylation is 4. The van der Waals surface area contributed by atoms with Crippen LogP contribution in [-0.4, -0.2) is 9.78 Å². The maximum Gasteiger partial charge on any atom is 0.0624 e. The van der Waals surface area contributed by atoms with Crippen molar-refractivity contribution >= 4 is 0 Å². The van der Waals surface area contributed by atoms with E-state index in [4.69, 9.17) is 5.84 Å². The number of hydrogen-bond acceptors (Lipinski definition) is 3. The summed E-state index contributed by atoms with van der Waals surface area (Å²) in [6.45, 7) is 9.41. The van der Waals surface area contributed by atoms with Gasteiger partial charge in [0.1, 0.15) is 0 Å². The van der Waals surface area contributed by atoms with Crippen molar-refractivity contribution in [3.8, 4) is 0 Å². The first-order chi connectivity index (χ1) is 10.1. The summed E-state index contributed by atoms with van der Waals surface area (Å²) in [5.74, 6) is 5.79. The van der Waals surface area contributed by atoms with Gasteiger partial charge in [-0.05, 0) is 49.9 Å². The molecule has 4 heteroatoms. The normalized spacial score (nSPS) is 12.6. The maximum absolute atomic E-state index is 5.79. The van der Waals surface area contributed by atoms with Crippen LogP contribution in [0.15, 0.2) is 24.3 Å². The zero-order valence-corrected chi connectivity index (χ0v) is 13.5.